The zero-order valence-corrected chi connectivity index (χ0v) is 11.6. The van der Waals surface area contributed by atoms with Gasteiger partial charge in [0.2, 0.25) is 0 Å². The fraction of sp³-hybridized carbons (Fsp3) is 0.600. The molecule has 1 heterocycles. The lowest BCUT2D eigenvalue weighted by Gasteiger charge is -2.21. The number of methoxy groups -OCH3 is 1. The van der Waals surface area contributed by atoms with Gasteiger partial charge in [0.15, 0.2) is 0 Å². The van der Waals surface area contributed by atoms with Gasteiger partial charge in [-0.15, -0.1) is 0 Å². The average molecular weight is 265 g/mol. The van der Waals surface area contributed by atoms with Crippen molar-refractivity contribution < 1.29 is 14.9 Å². The summed E-state index contributed by atoms with van der Waals surface area (Å²) in [6.45, 7) is 4.25. The first-order chi connectivity index (χ1) is 9.10. The van der Waals surface area contributed by atoms with Crippen molar-refractivity contribution in [3.8, 4) is 5.75 Å². The highest BCUT2D eigenvalue weighted by Crippen LogP contribution is 2.24. The molecule has 1 aromatic rings. The van der Waals surface area contributed by atoms with Crippen molar-refractivity contribution in [3.63, 3.8) is 0 Å². The molecule has 3 unspecified atom stereocenters. The summed E-state index contributed by atoms with van der Waals surface area (Å²) in [4.78, 5) is 2.21. The number of nitrogens with zero attached hydrogens (tertiary/aromatic N) is 1. The van der Waals surface area contributed by atoms with Crippen LogP contribution in [-0.4, -0.2) is 48.0 Å². The smallest absolute Gasteiger partial charge is 0.119 e. The topological polar surface area (TPSA) is 52.9 Å². The second-order valence-electron chi connectivity index (χ2n) is 5.34. The number of rotatable bonds is 5. The Morgan fingerprint density at radius 2 is 2.21 bits per heavy atom. The Morgan fingerprint density at radius 1 is 1.42 bits per heavy atom. The van der Waals surface area contributed by atoms with Gasteiger partial charge < -0.3 is 19.8 Å². The molecule has 1 fully saturated rings. The molecule has 2 N–H and O–H groups in total. The van der Waals surface area contributed by atoms with E-state index in [1.807, 2.05) is 31.2 Å². The molecule has 0 saturated carbocycles. The fourth-order valence-corrected chi connectivity index (χ4v) is 2.62. The molecule has 4 heteroatoms. The predicted molar refractivity (Wildman–Crippen MR) is 74.2 cm³/mol. The molecular weight excluding hydrogens is 242 g/mol. The minimum Gasteiger partial charge on any atom is -0.497 e. The molecular formula is C15H23NO3. The molecule has 1 aliphatic rings. The van der Waals surface area contributed by atoms with Gasteiger partial charge in [0.1, 0.15) is 5.75 Å². The Balaban J connectivity index is 1.92. The van der Waals surface area contributed by atoms with E-state index in [2.05, 4.69) is 4.90 Å². The zero-order valence-electron chi connectivity index (χ0n) is 11.6. The highest BCUT2D eigenvalue weighted by molar-refractivity contribution is 5.29. The van der Waals surface area contributed by atoms with E-state index in [1.165, 1.54) is 0 Å². The molecule has 1 aromatic carbocycles. The molecule has 3 atom stereocenters. The molecule has 0 spiro atoms. The summed E-state index contributed by atoms with van der Waals surface area (Å²) in [6.07, 6.45) is 0.226. The van der Waals surface area contributed by atoms with E-state index in [0.717, 1.165) is 30.8 Å². The second kappa shape index (κ2) is 6.37. The highest BCUT2D eigenvalue weighted by atomic mass is 16.5. The van der Waals surface area contributed by atoms with Crippen LogP contribution >= 0.6 is 0 Å². The van der Waals surface area contributed by atoms with Crippen molar-refractivity contribution in [2.24, 2.45) is 5.92 Å². The Hall–Kier alpha value is -1.10. The van der Waals surface area contributed by atoms with Crippen LogP contribution in [0, 0.1) is 5.92 Å². The number of benzene rings is 1. The van der Waals surface area contributed by atoms with Crippen LogP contribution in [0.25, 0.3) is 0 Å². The molecule has 1 aliphatic heterocycles. The van der Waals surface area contributed by atoms with Crippen molar-refractivity contribution >= 4 is 0 Å². The van der Waals surface area contributed by atoms with Gasteiger partial charge in [-0.25, -0.2) is 0 Å². The van der Waals surface area contributed by atoms with Gasteiger partial charge in [-0.2, -0.15) is 0 Å². The fourth-order valence-electron chi connectivity index (χ4n) is 2.62. The largest absolute Gasteiger partial charge is 0.497 e. The Kier molecular flexibility index (Phi) is 4.80. The van der Waals surface area contributed by atoms with E-state index >= 15 is 0 Å². The average Bonchev–Trinajstić information content (AvgIpc) is 2.87. The van der Waals surface area contributed by atoms with E-state index < -0.39 is 6.10 Å². The van der Waals surface area contributed by atoms with Crippen LogP contribution in [0.5, 0.6) is 5.75 Å². The number of ether oxygens (including phenoxy) is 1. The zero-order chi connectivity index (χ0) is 13.8. The molecule has 2 rings (SSSR count). The maximum atomic E-state index is 10.3. The molecule has 106 valence electrons. The summed E-state index contributed by atoms with van der Waals surface area (Å²) in [7, 11) is 1.62. The lowest BCUT2D eigenvalue weighted by Crippen LogP contribution is -2.28. The van der Waals surface area contributed by atoms with Crippen LogP contribution in [0.4, 0.5) is 0 Å². The number of hydrogen-bond acceptors (Lipinski definition) is 4. The van der Waals surface area contributed by atoms with Gasteiger partial charge in [-0.05, 0) is 43.5 Å². The van der Waals surface area contributed by atoms with Gasteiger partial charge >= 0.3 is 0 Å². The van der Waals surface area contributed by atoms with E-state index in [0.29, 0.717) is 12.5 Å². The van der Waals surface area contributed by atoms with E-state index in [-0.39, 0.29) is 6.10 Å². The number of aliphatic hydroxyl groups excluding tert-OH is 2. The third kappa shape index (κ3) is 3.69. The first-order valence-electron chi connectivity index (χ1n) is 6.82. The maximum absolute atomic E-state index is 10.3. The third-order valence-electron chi connectivity index (χ3n) is 3.90. The van der Waals surface area contributed by atoms with Gasteiger partial charge in [0, 0.05) is 13.1 Å². The van der Waals surface area contributed by atoms with Gasteiger partial charge in [0.05, 0.1) is 19.3 Å². The molecule has 0 radical (unpaired) electrons. The van der Waals surface area contributed by atoms with Gasteiger partial charge in [-0.3, -0.25) is 0 Å². The number of β-amino-alcohol motifs (C(OH)–C–C–N with tert-alkyl or cyclic N) is 1. The minimum atomic E-state index is -0.511. The monoisotopic (exact) mass is 265 g/mol. The number of hydrogen-bond donors (Lipinski definition) is 2. The summed E-state index contributed by atoms with van der Waals surface area (Å²) in [5.41, 5.74) is 0.875. The first kappa shape index (κ1) is 14.3. The standard InChI is InChI=1S/C15H23NO3/c1-11(17)13-6-7-16(9-13)10-15(18)12-4-3-5-14(8-12)19-2/h3-5,8,11,13,15,17-18H,6-7,9-10H2,1-2H3. The van der Waals surface area contributed by atoms with Crippen molar-refractivity contribution in [1.82, 2.24) is 4.90 Å². The lowest BCUT2D eigenvalue weighted by molar-refractivity contribution is 0.104. The first-order valence-corrected chi connectivity index (χ1v) is 6.82. The van der Waals surface area contributed by atoms with Crippen LogP contribution in [0.3, 0.4) is 0 Å². The maximum Gasteiger partial charge on any atom is 0.119 e. The predicted octanol–water partition coefficient (Wildman–Crippen LogP) is 1.43. The van der Waals surface area contributed by atoms with Crippen molar-refractivity contribution in [3.05, 3.63) is 29.8 Å². The second-order valence-corrected chi connectivity index (χ2v) is 5.34. The van der Waals surface area contributed by atoms with E-state index in [4.69, 9.17) is 4.74 Å². The Morgan fingerprint density at radius 3 is 2.84 bits per heavy atom. The summed E-state index contributed by atoms with van der Waals surface area (Å²) in [5, 5.41) is 19.8. The molecule has 0 amide bonds. The van der Waals surface area contributed by atoms with E-state index in [1.54, 1.807) is 7.11 Å². The molecule has 1 saturated heterocycles. The van der Waals surface area contributed by atoms with Crippen molar-refractivity contribution in [1.29, 1.82) is 0 Å². The van der Waals surface area contributed by atoms with Crippen LogP contribution < -0.4 is 4.74 Å². The summed E-state index contributed by atoms with van der Waals surface area (Å²) in [5.74, 6) is 1.09. The minimum absolute atomic E-state index is 0.265. The van der Waals surface area contributed by atoms with Gasteiger partial charge in [-0.1, -0.05) is 12.1 Å². The Labute approximate surface area is 114 Å². The molecule has 19 heavy (non-hydrogen) atoms. The Bertz CT molecular complexity index is 408. The highest BCUT2D eigenvalue weighted by Gasteiger charge is 2.27. The normalized spacial score (nSPS) is 23.3. The van der Waals surface area contributed by atoms with Crippen LogP contribution in [0.1, 0.15) is 25.0 Å². The molecule has 4 nitrogen and oxygen atoms in total. The molecule has 0 bridgehead atoms. The van der Waals surface area contributed by atoms with Crippen LogP contribution in [-0.2, 0) is 0 Å². The molecule has 0 aromatic heterocycles. The van der Waals surface area contributed by atoms with E-state index in [9.17, 15) is 10.2 Å². The summed E-state index contributed by atoms with van der Waals surface area (Å²) in [6, 6.07) is 7.54. The summed E-state index contributed by atoms with van der Waals surface area (Å²) >= 11 is 0. The summed E-state index contributed by atoms with van der Waals surface area (Å²) < 4.78 is 5.17. The third-order valence-corrected chi connectivity index (χ3v) is 3.90. The van der Waals surface area contributed by atoms with Crippen LogP contribution in [0.2, 0.25) is 0 Å². The van der Waals surface area contributed by atoms with Crippen molar-refractivity contribution in [2.75, 3.05) is 26.7 Å². The quantitative estimate of drug-likeness (QED) is 0.845. The SMILES string of the molecule is COc1cccc(C(O)CN2CCC(C(C)O)C2)c1. The molecule has 0 aliphatic carbocycles. The van der Waals surface area contributed by atoms with Gasteiger partial charge in [0.25, 0.3) is 0 Å². The lowest BCUT2D eigenvalue weighted by atomic mass is 10.0. The number of aliphatic hydroxyl groups is 2. The number of likely N-dealkylation sites (tertiary alicyclic amines) is 1. The van der Waals surface area contributed by atoms with Crippen LogP contribution in [0.15, 0.2) is 24.3 Å². The van der Waals surface area contributed by atoms with Crippen molar-refractivity contribution in [2.45, 2.75) is 25.6 Å².